The van der Waals surface area contributed by atoms with Crippen LogP contribution < -0.4 is 10.4 Å². The van der Waals surface area contributed by atoms with Crippen LogP contribution in [0.4, 0.5) is 0 Å². The minimum atomic E-state index is -0.573. The van der Waals surface area contributed by atoms with Gasteiger partial charge in [-0.2, -0.15) is 0 Å². The van der Waals surface area contributed by atoms with Crippen LogP contribution >= 0.6 is 22.9 Å². The number of rotatable bonds is 5. The molecule has 2 aromatic carbocycles. The molecule has 8 heteroatoms. The Balaban J connectivity index is 1.53. The third-order valence-electron chi connectivity index (χ3n) is 4.20. The molecule has 29 heavy (non-hydrogen) atoms. The summed E-state index contributed by atoms with van der Waals surface area (Å²) in [5.41, 5.74) is 1.44. The van der Waals surface area contributed by atoms with E-state index in [1.54, 1.807) is 35.7 Å². The number of hydrogen-bond donors (Lipinski definition) is 0. The molecule has 0 saturated heterocycles. The highest BCUT2D eigenvalue weighted by molar-refractivity contribution is 7.13. The van der Waals surface area contributed by atoms with Gasteiger partial charge in [0.2, 0.25) is 0 Å². The smallest absolute Gasteiger partial charge is 0.358 e. The average Bonchev–Trinajstić information content (AvgIpc) is 3.22. The Bertz CT molecular complexity index is 1250. The summed E-state index contributed by atoms with van der Waals surface area (Å²) in [6.07, 6.45) is 0. The van der Waals surface area contributed by atoms with Crippen LogP contribution in [0.1, 0.15) is 16.1 Å². The normalized spacial score (nSPS) is 10.8. The van der Waals surface area contributed by atoms with Gasteiger partial charge in [-0.25, -0.2) is 14.6 Å². The molecular weight excluding hydrogens is 414 g/mol. The maximum Gasteiger partial charge on any atom is 0.358 e. The fourth-order valence-corrected chi connectivity index (χ4v) is 3.69. The van der Waals surface area contributed by atoms with Crippen molar-refractivity contribution in [3.05, 3.63) is 80.6 Å². The van der Waals surface area contributed by atoms with Crippen molar-refractivity contribution in [2.24, 2.45) is 0 Å². The van der Waals surface area contributed by atoms with E-state index in [-0.39, 0.29) is 12.3 Å². The van der Waals surface area contributed by atoms with Crippen molar-refractivity contribution in [2.75, 3.05) is 7.11 Å². The van der Waals surface area contributed by atoms with E-state index >= 15 is 0 Å². The molecule has 0 aliphatic rings. The van der Waals surface area contributed by atoms with E-state index in [1.165, 1.54) is 24.5 Å². The first-order valence-electron chi connectivity index (χ1n) is 8.53. The zero-order valence-corrected chi connectivity index (χ0v) is 16.8. The standard InChI is InChI=1S/C21H14ClNO5S/c1-26-15-6-7-16-13(8-19(24)28-18(16)9-15)10-27-21(25)17-11-29-20(23-17)12-2-4-14(22)5-3-12/h2-9,11H,10H2,1H3. The monoisotopic (exact) mass is 427 g/mol. The highest BCUT2D eigenvalue weighted by atomic mass is 35.5. The fraction of sp³-hybridized carbons (Fsp3) is 0.0952. The summed E-state index contributed by atoms with van der Waals surface area (Å²) in [7, 11) is 1.52. The van der Waals surface area contributed by atoms with Crippen LogP contribution in [0, 0.1) is 0 Å². The van der Waals surface area contributed by atoms with Gasteiger partial charge in [0.25, 0.3) is 0 Å². The third kappa shape index (κ3) is 4.16. The van der Waals surface area contributed by atoms with Gasteiger partial charge in [-0.3, -0.25) is 0 Å². The van der Waals surface area contributed by atoms with Crippen molar-refractivity contribution in [3.63, 3.8) is 0 Å². The molecule has 0 N–H and O–H groups in total. The van der Waals surface area contributed by atoms with Gasteiger partial charge in [-0.1, -0.05) is 23.7 Å². The van der Waals surface area contributed by atoms with Crippen LogP contribution in [0.5, 0.6) is 5.75 Å². The second-order valence-electron chi connectivity index (χ2n) is 6.07. The predicted octanol–water partition coefficient (Wildman–Crippen LogP) is 4.94. The minimum absolute atomic E-state index is 0.0823. The molecule has 146 valence electrons. The lowest BCUT2D eigenvalue weighted by atomic mass is 10.1. The first-order chi connectivity index (χ1) is 14.0. The van der Waals surface area contributed by atoms with Crippen molar-refractivity contribution >= 4 is 39.9 Å². The van der Waals surface area contributed by atoms with Crippen LogP contribution in [0.25, 0.3) is 21.5 Å². The van der Waals surface area contributed by atoms with Crippen LogP contribution in [-0.2, 0) is 11.3 Å². The first-order valence-corrected chi connectivity index (χ1v) is 9.78. The number of benzene rings is 2. The first kappa shape index (κ1) is 19.2. The number of nitrogens with zero attached hydrogens (tertiary/aromatic N) is 1. The molecule has 4 aromatic rings. The van der Waals surface area contributed by atoms with Crippen LogP contribution in [-0.4, -0.2) is 18.1 Å². The van der Waals surface area contributed by atoms with Gasteiger partial charge in [-0.15, -0.1) is 11.3 Å². The summed E-state index contributed by atoms with van der Waals surface area (Å²) in [6, 6.07) is 13.6. The van der Waals surface area contributed by atoms with Crippen molar-refractivity contribution in [1.82, 2.24) is 4.98 Å². The number of fused-ring (bicyclic) bond motifs is 1. The summed E-state index contributed by atoms with van der Waals surface area (Å²) in [4.78, 5) is 28.6. The summed E-state index contributed by atoms with van der Waals surface area (Å²) in [5, 5.41) is 3.61. The number of esters is 1. The van der Waals surface area contributed by atoms with E-state index in [4.69, 9.17) is 25.5 Å². The topological polar surface area (TPSA) is 78.6 Å². The van der Waals surface area contributed by atoms with Crippen molar-refractivity contribution < 1.29 is 18.7 Å². The highest BCUT2D eigenvalue weighted by Gasteiger charge is 2.15. The Kier molecular flexibility index (Phi) is 5.33. The Hall–Kier alpha value is -3.16. The molecule has 0 unspecified atom stereocenters. The second kappa shape index (κ2) is 8.06. The lowest BCUT2D eigenvalue weighted by Crippen LogP contribution is -2.08. The second-order valence-corrected chi connectivity index (χ2v) is 7.37. The minimum Gasteiger partial charge on any atom is -0.497 e. The van der Waals surface area contributed by atoms with E-state index in [1.807, 2.05) is 12.1 Å². The summed E-state index contributed by atoms with van der Waals surface area (Å²) in [6.45, 7) is -0.0823. The Morgan fingerprint density at radius 2 is 1.97 bits per heavy atom. The van der Waals surface area contributed by atoms with Crippen molar-refractivity contribution in [2.45, 2.75) is 6.61 Å². The fourth-order valence-electron chi connectivity index (χ4n) is 2.77. The molecule has 0 saturated carbocycles. The summed E-state index contributed by atoms with van der Waals surface area (Å²) >= 11 is 7.23. The van der Waals surface area contributed by atoms with E-state index in [0.29, 0.717) is 32.3 Å². The predicted molar refractivity (Wildman–Crippen MR) is 111 cm³/mol. The largest absolute Gasteiger partial charge is 0.497 e. The number of methoxy groups -OCH3 is 1. The van der Waals surface area contributed by atoms with E-state index in [9.17, 15) is 9.59 Å². The molecule has 4 rings (SSSR count). The Morgan fingerprint density at radius 1 is 1.17 bits per heavy atom. The van der Waals surface area contributed by atoms with Crippen LogP contribution in [0.3, 0.4) is 0 Å². The number of halogens is 1. The zero-order valence-electron chi connectivity index (χ0n) is 15.2. The number of carbonyl (C=O) groups is 1. The quantitative estimate of drug-likeness (QED) is 0.331. The maximum atomic E-state index is 12.4. The number of ether oxygens (including phenoxy) is 2. The lowest BCUT2D eigenvalue weighted by molar-refractivity contribution is 0.0468. The van der Waals surface area contributed by atoms with Crippen LogP contribution in [0.15, 0.2) is 63.1 Å². The van der Waals surface area contributed by atoms with Gasteiger partial charge in [0.1, 0.15) is 22.9 Å². The number of hydrogen-bond acceptors (Lipinski definition) is 7. The summed E-state index contributed by atoms with van der Waals surface area (Å²) in [5.74, 6) is -0.0108. The van der Waals surface area contributed by atoms with E-state index in [0.717, 1.165) is 5.56 Å². The number of thiazole rings is 1. The van der Waals surface area contributed by atoms with Gasteiger partial charge in [0.15, 0.2) is 5.69 Å². The van der Waals surface area contributed by atoms with E-state index < -0.39 is 11.6 Å². The molecule has 0 radical (unpaired) electrons. The van der Waals surface area contributed by atoms with Gasteiger partial charge >= 0.3 is 11.6 Å². The highest BCUT2D eigenvalue weighted by Crippen LogP contribution is 2.26. The molecule has 0 atom stereocenters. The lowest BCUT2D eigenvalue weighted by Gasteiger charge is -2.07. The van der Waals surface area contributed by atoms with E-state index in [2.05, 4.69) is 4.98 Å². The van der Waals surface area contributed by atoms with Gasteiger partial charge < -0.3 is 13.9 Å². The molecule has 0 amide bonds. The maximum absolute atomic E-state index is 12.4. The Morgan fingerprint density at radius 3 is 2.72 bits per heavy atom. The SMILES string of the molecule is COc1ccc2c(COC(=O)c3csc(-c4ccc(Cl)cc4)n3)cc(=O)oc2c1. The molecule has 0 fully saturated rings. The molecule has 0 spiro atoms. The number of aromatic nitrogens is 1. The molecule has 0 bridgehead atoms. The molecule has 2 heterocycles. The van der Waals surface area contributed by atoms with Crippen molar-refractivity contribution in [3.8, 4) is 16.3 Å². The third-order valence-corrected chi connectivity index (χ3v) is 5.34. The van der Waals surface area contributed by atoms with Gasteiger partial charge in [-0.05, 0) is 24.3 Å². The van der Waals surface area contributed by atoms with Gasteiger partial charge in [0.05, 0.1) is 7.11 Å². The molecular formula is C21H14ClNO5S. The Labute approximate surface area is 174 Å². The zero-order chi connectivity index (χ0) is 20.4. The number of carbonyl (C=O) groups excluding carboxylic acids is 1. The molecule has 6 nitrogen and oxygen atoms in total. The van der Waals surface area contributed by atoms with Gasteiger partial charge in [0, 0.05) is 39.0 Å². The molecule has 0 aliphatic heterocycles. The van der Waals surface area contributed by atoms with Crippen molar-refractivity contribution in [1.29, 1.82) is 0 Å². The average molecular weight is 428 g/mol. The molecule has 0 aliphatic carbocycles. The summed E-state index contributed by atoms with van der Waals surface area (Å²) < 4.78 is 15.7. The molecule has 2 aromatic heterocycles. The van der Waals surface area contributed by atoms with Crippen LogP contribution in [0.2, 0.25) is 5.02 Å².